The number of hydrogen-bond donors (Lipinski definition) is 0. The molecule has 0 spiro atoms. The molecule has 0 bridgehead atoms. The number of nitrogens with zero attached hydrogens (tertiary/aromatic N) is 1. The number of rotatable bonds is 4. The van der Waals surface area contributed by atoms with Crippen molar-refractivity contribution in [3.63, 3.8) is 0 Å². The zero-order valence-electron chi connectivity index (χ0n) is 20.4. The molecule has 0 unspecified atom stereocenters. The van der Waals surface area contributed by atoms with E-state index >= 15 is 0 Å². The highest BCUT2D eigenvalue weighted by Crippen LogP contribution is 2.35. The van der Waals surface area contributed by atoms with Crippen molar-refractivity contribution in [3.8, 4) is 39.1 Å². The molecule has 0 N–H and O–H groups in total. The van der Waals surface area contributed by atoms with E-state index in [4.69, 9.17) is 0 Å². The molecule has 0 radical (unpaired) electrons. The van der Waals surface area contributed by atoms with Crippen molar-refractivity contribution in [3.05, 3.63) is 152 Å². The smallest absolute Gasteiger partial charge is 0.0541 e. The Morgan fingerprint density at radius 1 is 0.297 bits per heavy atom. The molecule has 1 heteroatoms. The molecule has 0 aliphatic heterocycles. The van der Waals surface area contributed by atoms with Crippen LogP contribution in [0.15, 0.2) is 152 Å². The van der Waals surface area contributed by atoms with E-state index in [1.54, 1.807) is 0 Å². The summed E-state index contributed by atoms with van der Waals surface area (Å²) in [7, 11) is 0. The SMILES string of the molecule is c1ccc(-c2ccc(-c3ccc(-n4c5ccccc5c5cc(-c6ccccc6)ccc54)cc3)cc2)cc1. The molecule has 0 aliphatic carbocycles. The van der Waals surface area contributed by atoms with E-state index < -0.39 is 0 Å². The summed E-state index contributed by atoms with van der Waals surface area (Å²) in [6.07, 6.45) is 0. The minimum Gasteiger partial charge on any atom is -0.309 e. The standard InChI is InChI=1S/C36H25N/c1-3-9-26(10-4-1)28-15-17-29(18-16-28)30-19-22-32(23-20-30)37-35-14-8-7-13-33(35)34-25-31(21-24-36(34)37)27-11-5-2-6-12-27/h1-25H. The highest BCUT2D eigenvalue weighted by atomic mass is 15.0. The second kappa shape index (κ2) is 8.96. The van der Waals surface area contributed by atoms with Crippen molar-refractivity contribution in [2.45, 2.75) is 0 Å². The topological polar surface area (TPSA) is 4.93 Å². The van der Waals surface area contributed by atoms with Crippen molar-refractivity contribution in [1.29, 1.82) is 0 Å². The number of para-hydroxylation sites is 1. The van der Waals surface area contributed by atoms with Crippen LogP contribution >= 0.6 is 0 Å². The van der Waals surface area contributed by atoms with E-state index in [0.29, 0.717) is 0 Å². The molecule has 6 aromatic carbocycles. The zero-order chi connectivity index (χ0) is 24.6. The van der Waals surface area contributed by atoms with Crippen LogP contribution in [0, 0.1) is 0 Å². The first-order chi connectivity index (χ1) is 18.3. The van der Waals surface area contributed by atoms with Crippen LogP contribution in [0.2, 0.25) is 0 Å². The molecule has 7 aromatic rings. The highest BCUT2D eigenvalue weighted by Gasteiger charge is 2.13. The second-order valence-electron chi connectivity index (χ2n) is 9.44. The average Bonchev–Trinajstić information content (AvgIpc) is 3.32. The van der Waals surface area contributed by atoms with Crippen LogP contribution in [0.5, 0.6) is 0 Å². The lowest BCUT2D eigenvalue weighted by Crippen LogP contribution is -1.93. The molecule has 7 rings (SSSR count). The van der Waals surface area contributed by atoms with Gasteiger partial charge in [0, 0.05) is 16.5 Å². The average molecular weight is 472 g/mol. The molecule has 174 valence electrons. The van der Waals surface area contributed by atoms with Crippen molar-refractivity contribution in [2.24, 2.45) is 0 Å². The van der Waals surface area contributed by atoms with Crippen molar-refractivity contribution < 1.29 is 0 Å². The first kappa shape index (κ1) is 21.4. The summed E-state index contributed by atoms with van der Waals surface area (Å²) < 4.78 is 2.38. The number of aromatic nitrogens is 1. The Bertz CT molecular complexity index is 1830. The largest absolute Gasteiger partial charge is 0.309 e. The number of hydrogen-bond acceptors (Lipinski definition) is 0. The third kappa shape index (κ3) is 3.82. The summed E-state index contributed by atoms with van der Waals surface area (Å²) in [5.74, 6) is 0. The van der Waals surface area contributed by atoms with Gasteiger partial charge in [0.05, 0.1) is 11.0 Å². The summed E-state index contributed by atoms with van der Waals surface area (Å²) in [6.45, 7) is 0. The maximum Gasteiger partial charge on any atom is 0.0541 e. The second-order valence-corrected chi connectivity index (χ2v) is 9.44. The van der Waals surface area contributed by atoms with E-state index in [1.807, 2.05) is 0 Å². The molecule has 1 nitrogen and oxygen atoms in total. The van der Waals surface area contributed by atoms with Crippen LogP contribution < -0.4 is 0 Å². The van der Waals surface area contributed by atoms with Crippen LogP contribution in [0.25, 0.3) is 60.9 Å². The summed E-state index contributed by atoms with van der Waals surface area (Å²) >= 11 is 0. The lowest BCUT2D eigenvalue weighted by molar-refractivity contribution is 1.18. The molecule has 0 fully saturated rings. The van der Waals surface area contributed by atoms with Gasteiger partial charge in [-0.05, 0) is 63.7 Å². The highest BCUT2D eigenvalue weighted by molar-refractivity contribution is 6.10. The van der Waals surface area contributed by atoms with E-state index in [0.717, 1.165) is 0 Å². The van der Waals surface area contributed by atoms with Crippen LogP contribution in [-0.2, 0) is 0 Å². The van der Waals surface area contributed by atoms with Crippen molar-refractivity contribution in [1.82, 2.24) is 4.57 Å². The third-order valence-corrected chi connectivity index (χ3v) is 7.23. The Morgan fingerprint density at radius 3 is 1.35 bits per heavy atom. The quantitative estimate of drug-likeness (QED) is 0.241. The van der Waals surface area contributed by atoms with E-state index in [2.05, 4.69) is 156 Å². The lowest BCUT2D eigenvalue weighted by Gasteiger charge is -2.10. The van der Waals surface area contributed by atoms with E-state index in [1.165, 1.54) is 60.9 Å². The van der Waals surface area contributed by atoms with Gasteiger partial charge in [-0.3, -0.25) is 0 Å². The van der Waals surface area contributed by atoms with Gasteiger partial charge < -0.3 is 4.57 Å². The molecule has 1 aromatic heterocycles. The van der Waals surface area contributed by atoms with E-state index in [9.17, 15) is 0 Å². The van der Waals surface area contributed by atoms with Crippen molar-refractivity contribution >= 4 is 21.8 Å². The van der Waals surface area contributed by atoms with Crippen LogP contribution in [-0.4, -0.2) is 4.57 Å². The molecule has 0 aliphatic rings. The van der Waals surface area contributed by atoms with Gasteiger partial charge in [-0.25, -0.2) is 0 Å². The predicted octanol–water partition coefficient (Wildman–Crippen LogP) is 9.78. The Balaban J connectivity index is 1.29. The molecule has 0 atom stereocenters. The molecule has 0 saturated heterocycles. The Kier molecular flexibility index (Phi) is 5.19. The first-order valence-corrected chi connectivity index (χ1v) is 12.7. The lowest BCUT2D eigenvalue weighted by atomic mass is 10.0. The fourth-order valence-corrected chi connectivity index (χ4v) is 5.35. The minimum atomic E-state index is 1.17. The summed E-state index contributed by atoms with van der Waals surface area (Å²) in [5, 5.41) is 2.55. The van der Waals surface area contributed by atoms with Gasteiger partial charge in [-0.15, -0.1) is 0 Å². The van der Waals surface area contributed by atoms with Crippen molar-refractivity contribution in [2.75, 3.05) is 0 Å². The normalized spacial score (nSPS) is 11.2. The summed E-state index contributed by atoms with van der Waals surface area (Å²) in [4.78, 5) is 0. The van der Waals surface area contributed by atoms with Gasteiger partial charge in [0.15, 0.2) is 0 Å². The Labute approximate surface area is 216 Å². The van der Waals surface area contributed by atoms with E-state index in [-0.39, 0.29) is 0 Å². The van der Waals surface area contributed by atoms with Crippen LogP contribution in [0.3, 0.4) is 0 Å². The first-order valence-electron chi connectivity index (χ1n) is 12.7. The summed E-state index contributed by atoms with van der Waals surface area (Å²) in [6, 6.07) is 54.4. The maximum atomic E-state index is 2.38. The van der Waals surface area contributed by atoms with Gasteiger partial charge >= 0.3 is 0 Å². The molecular formula is C36H25N. The zero-order valence-corrected chi connectivity index (χ0v) is 20.4. The number of benzene rings is 6. The number of fused-ring (bicyclic) bond motifs is 3. The van der Waals surface area contributed by atoms with Gasteiger partial charge in [0.1, 0.15) is 0 Å². The molecule has 37 heavy (non-hydrogen) atoms. The van der Waals surface area contributed by atoms with Gasteiger partial charge in [0.2, 0.25) is 0 Å². The third-order valence-electron chi connectivity index (χ3n) is 7.23. The predicted molar refractivity (Wildman–Crippen MR) is 157 cm³/mol. The molecule has 1 heterocycles. The van der Waals surface area contributed by atoms with Gasteiger partial charge in [-0.2, -0.15) is 0 Å². The monoisotopic (exact) mass is 471 g/mol. The summed E-state index contributed by atoms with van der Waals surface area (Å²) in [5.41, 5.74) is 11.0. The Morgan fingerprint density at radius 2 is 0.730 bits per heavy atom. The fraction of sp³-hybridized carbons (Fsp3) is 0. The van der Waals surface area contributed by atoms with Gasteiger partial charge in [0.25, 0.3) is 0 Å². The van der Waals surface area contributed by atoms with Crippen LogP contribution in [0.1, 0.15) is 0 Å². The Hall–Kier alpha value is -4.88. The fourth-order valence-electron chi connectivity index (χ4n) is 5.35. The minimum absolute atomic E-state index is 1.17. The van der Waals surface area contributed by atoms with Gasteiger partial charge in [-0.1, -0.05) is 121 Å². The molecular weight excluding hydrogens is 446 g/mol. The molecule has 0 amide bonds. The molecule has 0 saturated carbocycles. The van der Waals surface area contributed by atoms with Crippen LogP contribution in [0.4, 0.5) is 0 Å². The maximum absolute atomic E-state index is 2.38.